The number of benzene rings is 2. The number of H-pyrrole nitrogens is 1. The lowest BCUT2D eigenvalue weighted by atomic mass is 9.72. The van der Waals surface area contributed by atoms with Crippen LogP contribution in [0.3, 0.4) is 0 Å². The molecular weight excluding hydrogens is 472 g/mol. The fourth-order valence-electron chi connectivity index (χ4n) is 4.89. The first-order valence-corrected chi connectivity index (χ1v) is 11.4. The van der Waals surface area contributed by atoms with Crippen LogP contribution < -0.4 is 0 Å². The molecule has 0 aliphatic carbocycles. The zero-order valence-corrected chi connectivity index (χ0v) is 20.1. The van der Waals surface area contributed by atoms with Gasteiger partial charge in [0.15, 0.2) is 11.9 Å². The van der Waals surface area contributed by atoms with E-state index < -0.39 is 35.9 Å². The second-order valence-electron chi connectivity index (χ2n) is 9.88. The standard InChI is InChI=1S/C28H26F4N2O2/c1-17-8-9-20(29)12-23(17)26(2,3)16-27(36,28(30,31)32)13-21-10-19-11-24(33-14-25(19)34-21)22-7-5-4-6-18(22)15-35/h4-12,14-15,34,36H,13,16H2,1-3H3. The van der Waals surface area contributed by atoms with Crippen LogP contribution >= 0.6 is 0 Å². The number of aromatic nitrogens is 2. The molecule has 0 radical (unpaired) electrons. The lowest BCUT2D eigenvalue weighted by Gasteiger charge is -2.38. The number of nitrogens with one attached hydrogen (secondary N) is 1. The number of carbonyl (C=O) groups excluding carboxylic acids is 1. The first-order chi connectivity index (χ1) is 16.8. The van der Waals surface area contributed by atoms with Gasteiger partial charge in [0.2, 0.25) is 0 Å². The number of nitrogens with zero attached hydrogens (tertiary/aromatic N) is 1. The Morgan fingerprint density at radius 2 is 1.78 bits per heavy atom. The van der Waals surface area contributed by atoms with Gasteiger partial charge in [-0.25, -0.2) is 4.39 Å². The third-order valence-electron chi connectivity index (χ3n) is 6.60. The van der Waals surface area contributed by atoms with Crippen molar-refractivity contribution in [1.82, 2.24) is 9.97 Å². The molecule has 188 valence electrons. The maximum Gasteiger partial charge on any atom is 0.417 e. The fraction of sp³-hybridized carbons (Fsp3) is 0.286. The molecule has 0 saturated heterocycles. The molecule has 0 amide bonds. The number of fused-ring (bicyclic) bond motifs is 1. The zero-order chi connectivity index (χ0) is 26.3. The van der Waals surface area contributed by atoms with E-state index in [-0.39, 0.29) is 5.69 Å². The summed E-state index contributed by atoms with van der Waals surface area (Å²) in [5.41, 5.74) is -0.953. The average Bonchev–Trinajstić information content (AvgIpc) is 3.20. The summed E-state index contributed by atoms with van der Waals surface area (Å²) in [5.74, 6) is -0.547. The first kappa shape index (κ1) is 25.6. The van der Waals surface area contributed by atoms with Crippen LogP contribution in [0.2, 0.25) is 0 Å². The maximum atomic E-state index is 14.3. The number of aliphatic hydroxyl groups is 1. The number of aldehydes is 1. The van der Waals surface area contributed by atoms with Crippen molar-refractivity contribution in [2.24, 2.45) is 0 Å². The number of aryl methyl sites for hydroxylation is 1. The molecule has 36 heavy (non-hydrogen) atoms. The minimum absolute atomic E-state index is 0.180. The van der Waals surface area contributed by atoms with Gasteiger partial charge in [-0.2, -0.15) is 13.2 Å². The van der Waals surface area contributed by atoms with Crippen molar-refractivity contribution >= 4 is 17.2 Å². The largest absolute Gasteiger partial charge is 0.417 e. The van der Waals surface area contributed by atoms with Crippen LogP contribution in [0, 0.1) is 12.7 Å². The fourth-order valence-corrected chi connectivity index (χ4v) is 4.89. The predicted molar refractivity (Wildman–Crippen MR) is 130 cm³/mol. The summed E-state index contributed by atoms with van der Waals surface area (Å²) in [4.78, 5) is 18.7. The van der Waals surface area contributed by atoms with E-state index >= 15 is 0 Å². The highest BCUT2D eigenvalue weighted by Crippen LogP contribution is 2.44. The Bertz CT molecular complexity index is 1420. The number of aromatic amines is 1. The molecule has 4 rings (SSSR count). The van der Waals surface area contributed by atoms with Gasteiger partial charge in [-0.3, -0.25) is 9.78 Å². The number of hydrogen-bond acceptors (Lipinski definition) is 3. The van der Waals surface area contributed by atoms with Crippen LogP contribution in [0.15, 0.2) is 60.8 Å². The van der Waals surface area contributed by atoms with Crippen LogP contribution in [0.4, 0.5) is 17.6 Å². The van der Waals surface area contributed by atoms with E-state index in [1.54, 1.807) is 57.2 Å². The second-order valence-corrected chi connectivity index (χ2v) is 9.88. The lowest BCUT2D eigenvalue weighted by Crippen LogP contribution is -2.51. The van der Waals surface area contributed by atoms with Crippen LogP contribution in [0.5, 0.6) is 0 Å². The Balaban J connectivity index is 1.69. The molecule has 0 spiro atoms. The number of alkyl halides is 3. The van der Waals surface area contributed by atoms with Crippen molar-refractivity contribution in [3.63, 3.8) is 0 Å². The van der Waals surface area contributed by atoms with Crippen molar-refractivity contribution in [2.75, 3.05) is 0 Å². The molecule has 8 heteroatoms. The Morgan fingerprint density at radius 3 is 2.47 bits per heavy atom. The zero-order valence-electron chi connectivity index (χ0n) is 20.1. The topological polar surface area (TPSA) is 66.0 Å². The predicted octanol–water partition coefficient (Wildman–Crippen LogP) is 6.69. The van der Waals surface area contributed by atoms with E-state index in [2.05, 4.69) is 9.97 Å². The van der Waals surface area contributed by atoms with Crippen molar-refractivity contribution in [1.29, 1.82) is 0 Å². The molecule has 2 aromatic carbocycles. The summed E-state index contributed by atoms with van der Waals surface area (Å²) in [6.45, 7) is 4.84. The SMILES string of the molecule is Cc1ccc(F)cc1C(C)(C)CC(O)(Cc1cc2cc(-c3ccccc3C=O)ncc2[nH]1)C(F)(F)F. The van der Waals surface area contributed by atoms with E-state index in [1.165, 1.54) is 24.4 Å². The molecule has 1 atom stereocenters. The minimum atomic E-state index is -4.94. The molecule has 0 aliphatic heterocycles. The summed E-state index contributed by atoms with van der Waals surface area (Å²) >= 11 is 0. The van der Waals surface area contributed by atoms with Gasteiger partial charge in [0.25, 0.3) is 0 Å². The molecule has 4 aromatic rings. The molecule has 0 fully saturated rings. The van der Waals surface area contributed by atoms with E-state index in [1.807, 2.05) is 0 Å². The average molecular weight is 499 g/mol. The van der Waals surface area contributed by atoms with Gasteiger partial charge < -0.3 is 10.1 Å². The molecule has 0 bridgehead atoms. The summed E-state index contributed by atoms with van der Waals surface area (Å²) in [7, 11) is 0. The summed E-state index contributed by atoms with van der Waals surface area (Å²) in [5, 5.41) is 11.6. The molecule has 0 aliphatic rings. The van der Waals surface area contributed by atoms with Crippen molar-refractivity contribution < 1.29 is 27.5 Å². The minimum Gasteiger partial charge on any atom is -0.380 e. The van der Waals surface area contributed by atoms with E-state index in [9.17, 15) is 27.5 Å². The molecule has 4 nitrogen and oxygen atoms in total. The summed E-state index contributed by atoms with van der Waals surface area (Å²) < 4.78 is 56.7. The van der Waals surface area contributed by atoms with Crippen molar-refractivity contribution in [3.8, 4) is 11.3 Å². The highest BCUT2D eigenvalue weighted by Gasteiger charge is 2.56. The highest BCUT2D eigenvalue weighted by atomic mass is 19.4. The number of rotatable bonds is 7. The molecule has 0 saturated carbocycles. The van der Waals surface area contributed by atoms with Crippen molar-refractivity contribution in [3.05, 3.63) is 89.0 Å². The number of pyridine rings is 1. The Hall–Kier alpha value is -3.52. The third-order valence-corrected chi connectivity index (χ3v) is 6.60. The van der Waals surface area contributed by atoms with Gasteiger partial charge in [-0.15, -0.1) is 0 Å². The van der Waals surface area contributed by atoms with Gasteiger partial charge in [-0.05, 0) is 54.2 Å². The Labute approximate surface area is 206 Å². The first-order valence-electron chi connectivity index (χ1n) is 11.4. The monoisotopic (exact) mass is 498 g/mol. The molecule has 2 aromatic heterocycles. The molecular formula is C28H26F4N2O2. The van der Waals surface area contributed by atoms with Crippen LogP contribution in [-0.4, -0.2) is 33.1 Å². The number of hydrogen-bond donors (Lipinski definition) is 2. The van der Waals surface area contributed by atoms with E-state index in [0.717, 1.165) is 6.29 Å². The van der Waals surface area contributed by atoms with Gasteiger partial charge in [0, 0.05) is 28.6 Å². The second kappa shape index (κ2) is 9.17. The highest BCUT2D eigenvalue weighted by molar-refractivity contribution is 5.90. The van der Waals surface area contributed by atoms with Crippen LogP contribution in [0.1, 0.15) is 47.4 Å². The van der Waals surface area contributed by atoms with Crippen LogP contribution in [0.25, 0.3) is 22.2 Å². The van der Waals surface area contributed by atoms with Crippen LogP contribution in [-0.2, 0) is 11.8 Å². The Morgan fingerprint density at radius 1 is 1.06 bits per heavy atom. The normalized spacial score (nSPS) is 14.1. The van der Waals surface area contributed by atoms with Gasteiger partial charge >= 0.3 is 6.18 Å². The van der Waals surface area contributed by atoms with E-state index in [4.69, 9.17) is 0 Å². The molecule has 2 heterocycles. The smallest absolute Gasteiger partial charge is 0.380 e. The third kappa shape index (κ3) is 4.91. The molecule has 1 unspecified atom stereocenters. The Kier molecular flexibility index (Phi) is 6.51. The van der Waals surface area contributed by atoms with Crippen molar-refractivity contribution in [2.45, 2.75) is 50.8 Å². The maximum absolute atomic E-state index is 14.3. The lowest BCUT2D eigenvalue weighted by molar-refractivity contribution is -0.266. The van der Waals surface area contributed by atoms with E-state index in [0.29, 0.717) is 38.9 Å². The number of carbonyl (C=O) groups is 1. The quantitative estimate of drug-likeness (QED) is 0.220. The van der Waals surface area contributed by atoms with Gasteiger partial charge in [0.1, 0.15) is 5.82 Å². The van der Waals surface area contributed by atoms with Gasteiger partial charge in [0.05, 0.1) is 17.4 Å². The summed E-state index contributed by atoms with van der Waals surface area (Å²) in [6.07, 6.45) is -4.12. The van der Waals surface area contributed by atoms with Gasteiger partial charge in [-0.1, -0.05) is 44.2 Å². The summed E-state index contributed by atoms with van der Waals surface area (Å²) in [6, 6.07) is 14.1. The number of halogens is 4. The molecule has 2 N–H and O–H groups in total.